The fourth-order valence-corrected chi connectivity index (χ4v) is 12.3. The maximum absolute atomic E-state index is 9.79. The fraction of sp³-hybridized carbons (Fsp3) is 0.120. The maximum Gasteiger partial charge on any atom is 0.132 e. The molecule has 84 heavy (non-hydrogen) atoms. The zero-order valence-corrected chi connectivity index (χ0v) is 46.0. The Morgan fingerprint density at radius 2 is 0.595 bits per heavy atom. The Balaban J connectivity index is 0.751. The van der Waals surface area contributed by atoms with Gasteiger partial charge in [0.25, 0.3) is 0 Å². The van der Waals surface area contributed by atoms with Gasteiger partial charge in [0, 0.05) is 39.3 Å². The molecule has 412 valence electrons. The molecule has 2 N–H and O–H groups in total. The summed E-state index contributed by atoms with van der Waals surface area (Å²) in [5.74, 6) is 5.57. The number of hydrogen-bond donors (Lipinski definition) is 2. The molecule has 0 atom stereocenters. The van der Waals surface area contributed by atoms with Gasteiger partial charge in [-0.3, -0.25) is 0 Å². The molecule has 0 bridgehead atoms. The van der Waals surface area contributed by atoms with Crippen LogP contribution in [0.2, 0.25) is 0 Å². The minimum absolute atomic E-state index is 0.102. The first-order valence-corrected chi connectivity index (χ1v) is 28.5. The molecule has 9 nitrogen and oxygen atoms in total. The van der Waals surface area contributed by atoms with Gasteiger partial charge in [0.2, 0.25) is 0 Å². The third-order valence-corrected chi connectivity index (χ3v) is 15.9. The van der Waals surface area contributed by atoms with Crippen LogP contribution in [0.5, 0.6) is 46.0 Å². The van der Waals surface area contributed by atoms with Gasteiger partial charge in [0.05, 0.1) is 13.2 Å². The first-order valence-electron chi connectivity index (χ1n) is 28.5. The molecule has 13 aromatic carbocycles. The average molecular weight is 1100 g/mol. The molecule has 1 aliphatic rings. The van der Waals surface area contributed by atoms with E-state index in [4.69, 9.17) is 33.2 Å². The van der Waals surface area contributed by atoms with Crippen LogP contribution in [0, 0.1) is 0 Å². The Hall–Kier alpha value is -10.1. The smallest absolute Gasteiger partial charge is 0.132 e. The number of ether oxygens (including phenoxy) is 7. The molecule has 1 aliphatic heterocycles. The van der Waals surface area contributed by atoms with Crippen molar-refractivity contribution in [3.8, 4) is 68.2 Å². The van der Waals surface area contributed by atoms with E-state index in [1.165, 1.54) is 0 Å². The van der Waals surface area contributed by atoms with E-state index in [9.17, 15) is 10.2 Å². The molecule has 0 aromatic heterocycles. The van der Waals surface area contributed by atoms with Crippen LogP contribution < -0.4 is 33.2 Å². The molecule has 0 saturated carbocycles. The van der Waals surface area contributed by atoms with Crippen LogP contribution in [-0.4, -0.2) is 63.1 Å². The number of fused-ring (bicyclic) bond motifs is 10. The minimum Gasteiger partial charge on any atom is -0.491 e. The summed E-state index contributed by atoms with van der Waals surface area (Å²) in [5, 5.41) is 32.2. The average Bonchev–Trinajstić information content (AvgIpc) is 1.96. The van der Waals surface area contributed by atoms with Crippen molar-refractivity contribution in [2.45, 2.75) is 5.92 Å². The summed E-state index contributed by atoms with van der Waals surface area (Å²) in [7, 11) is 0. The molecule has 0 fully saturated rings. The molecule has 0 spiro atoms. The van der Waals surface area contributed by atoms with Crippen molar-refractivity contribution in [1.29, 1.82) is 0 Å². The molecule has 0 amide bonds. The highest BCUT2D eigenvalue weighted by atomic mass is 16.5. The molecule has 9 heteroatoms. The summed E-state index contributed by atoms with van der Waals surface area (Å²) >= 11 is 0. The van der Waals surface area contributed by atoms with E-state index >= 15 is 0 Å². The van der Waals surface area contributed by atoms with E-state index in [0.717, 1.165) is 115 Å². The van der Waals surface area contributed by atoms with Gasteiger partial charge in [-0.2, -0.15) is 0 Å². The highest BCUT2D eigenvalue weighted by Crippen LogP contribution is 2.53. The van der Waals surface area contributed by atoms with E-state index in [1.54, 1.807) is 0 Å². The SMILES string of the molecule is OCCOc1ccc2ccccc2c1-c1c(OCCOc2ccc3ccc4c(c3c2)C(c2ccccc2)c2c(ccc3ccc(OCCOc5ccc6ccccc6c5-c5c(OCCO)ccc6ccccc56)cc23)O4)ccc2ccccc12. The van der Waals surface area contributed by atoms with Crippen LogP contribution in [-0.2, 0) is 0 Å². The number of aliphatic hydroxyl groups is 2. The number of aliphatic hydroxyl groups excluding tert-OH is 2. The number of hydrogen-bond acceptors (Lipinski definition) is 9. The zero-order chi connectivity index (χ0) is 56.3. The maximum atomic E-state index is 9.79. The summed E-state index contributed by atoms with van der Waals surface area (Å²) in [6.07, 6.45) is 0. The Morgan fingerprint density at radius 3 is 0.976 bits per heavy atom. The monoisotopic (exact) mass is 1100 g/mol. The van der Waals surface area contributed by atoms with Gasteiger partial charge in [-0.15, -0.1) is 0 Å². The molecule has 0 unspecified atom stereocenters. The first-order chi connectivity index (χ1) is 41.6. The number of benzene rings is 13. The number of rotatable bonds is 19. The van der Waals surface area contributed by atoms with E-state index in [2.05, 4.69) is 152 Å². The molecule has 14 rings (SSSR count). The van der Waals surface area contributed by atoms with Crippen molar-refractivity contribution < 1.29 is 43.4 Å². The summed E-state index contributed by atoms with van der Waals surface area (Å²) in [4.78, 5) is 0. The van der Waals surface area contributed by atoms with Crippen molar-refractivity contribution in [3.05, 3.63) is 253 Å². The lowest BCUT2D eigenvalue weighted by molar-refractivity contribution is 0.202. The molecule has 1 heterocycles. The van der Waals surface area contributed by atoms with Crippen LogP contribution in [0.1, 0.15) is 22.6 Å². The standard InChI is InChI=1S/C75H58O9/c76-38-40-80-63-32-24-48-12-4-8-18-57(48)70(63)72-59-20-10-6-14-50(59)26-34-65(72)82-44-42-78-55-30-22-52-28-36-67-74(61(52)46-55)69(54-16-2-1-3-17-54)75-62-47-56(31-23-53(62)29-37-68(75)84-67)79-43-45-83-66-35-27-51-15-7-11-21-60(51)73(66)71-58-19-9-5-13-49(58)25-33-64(71)81-41-39-77/h1-37,46-47,69,76-77H,38-45H2. The lowest BCUT2D eigenvalue weighted by Crippen LogP contribution is -2.13. The van der Waals surface area contributed by atoms with Crippen molar-refractivity contribution in [2.75, 3.05) is 52.9 Å². The third-order valence-electron chi connectivity index (χ3n) is 15.9. The van der Waals surface area contributed by atoms with Gasteiger partial charge < -0.3 is 43.4 Å². The highest BCUT2D eigenvalue weighted by Gasteiger charge is 2.33. The van der Waals surface area contributed by atoms with Gasteiger partial charge in [-0.05, 0) is 131 Å². The normalized spacial score (nSPS) is 12.1. The van der Waals surface area contributed by atoms with E-state index in [1.807, 2.05) is 84.9 Å². The van der Waals surface area contributed by atoms with Crippen molar-refractivity contribution >= 4 is 64.6 Å². The molecule has 13 aromatic rings. The second-order valence-electron chi connectivity index (χ2n) is 20.8. The predicted molar refractivity (Wildman–Crippen MR) is 336 cm³/mol. The Morgan fingerprint density at radius 1 is 0.286 bits per heavy atom. The van der Waals surface area contributed by atoms with Gasteiger partial charge in [-0.25, -0.2) is 0 Å². The summed E-state index contributed by atoms with van der Waals surface area (Å²) in [6, 6.07) is 81.0. The van der Waals surface area contributed by atoms with Gasteiger partial charge >= 0.3 is 0 Å². The second kappa shape index (κ2) is 23.1. The minimum atomic E-state index is -0.201. The molecule has 0 aliphatic carbocycles. The van der Waals surface area contributed by atoms with Crippen LogP contribution in [0.3, 0.4) is 0 Å². The summed E-state index contributed by atoms with van der Waals surface area (Å²) in [6.45, 7) is 1.24. The predicted octanol–water partition coefficient (Wildman–Crippen LogP) is 16.9. The Bertz CT molecular complexity index is 4320. The zero-order valence-electron chi connectivity index (χ0n) is 46.0. The van der Waals surface area contributed by atoms with Crippen LogP contribution in [0.15, 0.2) is 237 Å². The molecule has 0 saturated heterocycles. The molecular weight excluding hydrogens is 1040 g/mol. The van der Waals surface area contributed by atoms with Crippen molar-refractivity contribution in [2.24, 2.45) is 0 Å². The highest BCUT2D eigenvalue weighted by molar-refractivity contribution is 6.11. The van der Waals surface area contributed by atoms with Gasteiger partial charge in [-0.1, -0.05) is 176 Å². The van der Waals surface area contributed by atoms with Crippen LogP contribution >= 0.6 is 0 Å². The largest absolute Gasteiger partial charge is 0.491 e. The quantitative estimate of drug-likeness (QED) is 0.0766. The van der Waals surface area contributed by atoms with E-state index < -0.39 is 0 Å². The van der Waals surface area contributed by atoms with E-state index in [-0.39, 0.29) is 58.8 Å². The molecule has 0 radical (unpaired) electrons. The Labute approximate surface area is 486 Å². The van der Waals surface area contributed by atoms with Gasteiger partial charge in [0.1, 0.15) is 85.6 Å². The molecular formula is C75H58O9. The summed E-state index contributed by atoms with van der Waals surface area (Å²) < 4.78 is 46.0. The lowest BCUT2D eigenvalue weighted by Gasteiger charge is -2.31. The summed E-state index contributed by atoms with van der Waals surface area (Å²) in [5.41, 5.74) is 6.92. The van der Waals surface area contributed by atoms with Crippen LogP contribution in [0.4, 0.5) is 0 Å². The van der Waals surface area contributed by atoms with Crippen molar-refractivity contribution in [1.82, 2.24) is 0 Å². The van der Waals surface area contributed by atoms with E-state index in [0.29, 0.717) is 34.5 Å². The second-order valence-corrected chi connectivity index (χ2v) is 20.8. The third kappa shape index (κ3) is 9.83. The first kappa shape index (κ1) is 52.0. The topological polar surface area (TPSA) is 105 Å². The van der Waals surface area contributed by atoms with Gasteiger partial charge in [0.15, 0.2) is 0 Å². The van der Waals surface area contributed by atoms with Crippen molar-refractivity contribution in [3.63, 3.8) is 0 Å². The lowest BCUT2D eigenvalue weighted by atomic mass is 9.78. The Kier molecular flexibility index (Phi) is 14.3. The van der Waals surface area contributed by atoms with Crippen LogP contribution in [0.25, 0.3) is 86.9 Å². The fourth-order valence-electron chi connectivity index (χ4n) is 12.3.